The van der Waals surface area contributed by atoms with Gasteiger partial charge in [-0.15, -0.1) is 0 Å². The smallest absolute Gasteiger partial charge is 0.0902 e. The minimum atomic E-state index is 0.113. The van der Waals surface area contributed by atoms with Gasteiger partial charge in [0, 0.05) is 12.6 Å². The van der Waals surface area contributed by atoms with Crippen molar-refractivity contribution in [3.63, 3.8) is 0 Å². The SMILES string of the molecule is CCC(C(N)=S)N(CCO)C(C)C. The molecule has 0 aliphatic rings. The van der Waals surface area contributed by atoms with Gasteiger partial charge >= 0.3 is 0 Å². The number of nitrogens with two attached hydrogens (primary N) is 1. The molecule has 0 amide bonds. The summed E-state index contributed by atoms with van der Waals surface area (Å²) >= 11 is 4.98. The molecule has 0 saturated carbocycles. The third-order valence-corrected chi connectivity index (χ3v) is 2.41. The van der Waals surface area contributed by atoms with Gasteiger partial charge in [0.05, 0.1) is 17.6 Å². The Bertz CT molecular complexity index is 162. The lowest BCUT2D eigenvalue weighted by molar-refractivity contribution is 0.144. The van der Waals surface area contributed by atoms with Crippen LogP contribution < -0.4 is 5.73 Å². The summed E-state index contributed by atoms with van der Waals surface area (Å²) in [5, 5.41) is 8.89. The summed E-state index contributed by atoms with van der Waals surface area (Å²) in [5.74, 6) is 0. The molecule has 13 heavy (non-hydrogen) atoms. The van der Waals surface area contributed by atoms with Crippen LogP contribution in [0.3, 0.4) is 0 Å². The van der Waals surface area contributed by atoms with Gasteiger partial charge in [-0.25, -0.2) is 0 Å². The maximum absolute atomic E-state index is 8.89. The second-order valence-electron chi connectivity index (χ2n) is 3.38. The van der Waals surface area contributed by atoms with Crippen LogP contribution in [0.15, 0.2) is 0 Å². The van der Waals surface area contributed by atoms with Crippen LogP contribution in [-0.4, -0.2) is 40.2 Å². The highest BCUT2D eigenvalue weighted by atomic mass is 32.1. The van der Waals surface area contributed by atoms with Crippen molar-refractivity contribution >= 4 is 17.2 Å². The maximum atomic E-state index is 8.89. The van der Waals surface area contributed by atoms with Crippen molar-refractivity contribution in [2.75, 3.05) is 13.2 Å². The average Bonchev–Trinajstić information content (AvgIpc) is 2.03. The Labute approximate surface area is 85.9 Å². The van der Waals surface area contributed by atoms with E-state index < -0.39 is 0 Å². The van der Waals surface area contributed by atoms with Crippen LogP contribution in [0, 0.1) is 0 Å². The number of aliphatic hydroxyl groups excluding tert-OH is 1. The van der Waals surface area contributed by atoms with E-state index in [1.807, 2.05) is 0 Å². The van der Waals surface area contributed by atoms with Crippen molar-refractivity contribution in [1.29, 1.82) is 0 Å². The predicted molar refractivity (Wildman–Crippen MR) is 59.8 cm³/mol. The largest absolute Gasteiger partial charge is 0.395 e. The van der Waals surface area contributed by atoms with E-state index in [4.69, 9.17) is 23.1 Å². The predicted octanol–water partition coefficient (Wildman–Crippen LogP) is 0.754. The second-order valence-corrected chi connectivity index (χ2v) is 3.85. The summed E-state index contributed by atoms with van der Waals surface area (Å²) in [4.78, 5) is 2.65. The van der Waals surface area contributed by atoms with Crippen LogP contribution >= 0.6 is 12.2 Å². The fourth-order valence-electron chi connectivity index (χ4n) is 1.49. The molecule has 1 atom stereocenters. The van der Waals surface area contributed by atoms with Gasteiger partial charge in [0.1, 0.15) is 0 Å². The van der Waals surface area contributed by atoms with Crippen LogP contribution in [0.25, 0.3) is 0 Å². The van der Waals surface area contributed by atoms with E-state index >= 15 is 0 Å². The molecule has 78 valence electrons. The molecule has 3 N–H and O–H groups in total. The highest BCUT2D eigenvalue weighted by molar-refractivity contribution is 7.80. The zero-order valence-electron chi connectivity index (χ0n) is 8.66. The monoisotopic (exact) mass is 204 g/mol. The molecule has 0 aliphatic carbocycles. The number of aliphatic hydroxyl groups is 1. The topological polar surface area (TPSA) is 49.5 Å². The summed E-state index contributed by atoms with van der Waals surface area (Å²) in [7, 11) is 0. The van der Waals surface area contributed by atoms with E-state index in [-0.39, 0.29) is 12.6 Å². The molecule has 4 heteroatoms. The molecular weight excluding hydrogens is 184 g/mol. The fraction of sp³-hybridized carbons (Fsp3) is 0.889. The first-order valence-electron chi connectivity index (χ1n) is 4.70. The molecule has 3 nitrogen and oxygen atoms in total. The van der Waals surface area contributed by atoms with Gasteiger partial charge < -0.3 is 10.8 Å². The summed E-state index contributed by atoms with van der Waals surface area (Å²) < 4.78 is 0. The van der Waals surface area contributed by atoms with Crippen LogP contribution in [0.5, 0.6) is 0 Å². The van der Waals surface area contributed by atoms with Gasteiger partial charge in [-0.3, -0.25) is 4.90 Å². The van der Waals surface area contributed by atoms with E-state index in [2.05, 4.69) is 25.7 Å². The first-order chi connectivity index (χ1) is 6.04. The van der Waals surface area contributed by atoms with Crippen molar-refractivity contribution in [1.82, 2.24) is 4.90 Å². The number of hydrogen-bond acceptors (Lipinski definition) is 3. The highest BCUT2D eigenvalue weighted by Crippen LogP contribution is 2.08. The molecule has 0 saturated heterocycles. The molecule has 0 aromatic carbocycles. The van der Waals surface area contributed by atoms with Crippen molar-refractivity contribution in [2.24, 2.45) is 5.73 Å². The van der Waals surface area contributed by atoms with Gasteiger partial charge in [-0.05, 0) is 20.3 Å². The third-order valence-electron chi connectivity index (χ3n) is 2.14. The van der Waals surface area contributed by atoms with E-state index in [0.29, 0.717) is 17.6 Å². The van der Waals surface area contributed by atoms with Crippen molar-refractivity contribution in [3.05, 3.63) is 0 Å². The first-order valence-corrected chi connectivity index (χ1v) is 5.11. The van der Waals surface area contributed by atoms with Gasteiger partial charge in [-0.2, -0.15) is 0 Å². The number of thiocarbonyl (C=S) groups is 1. The lowest BCUT2D eigenvalue weighted by Crippen LogP contribution is -2.48. The lowest BCUT2D eigenvalue weighted by atomic mass is 10.1. The Morgan fingerprint density at radius 3 is 2.31 bits per heavy atom. The van der Waals surface area contributed by atoms with Crippen molar-refractivity contribution in [2.45, 2.75) is 39.3 Å². The third kappa shape index (κ3) is 4.02. The first kappa shape index (κ1) is 12.8. The Kier molecular flexibility index (Phi) is 6.20. The summed E-state index contributed by atoms with van der Waals surface area (Å²) in [6.45, 7) is 6.99. The molecular formula is C9H20N2OS. The lowest BCUT2D eigenvalue weighted by Gasteiger charge is -2.33. The highest BCUT2D eigenvalue weighted by Gasteiger charge is 2.20. The van der Waals surface area contributed by atoms with Gasteiger partial charge in [0.2, 0.25) is 0 Å². The number of rotatable bonds is 6. The zero-order chi connectivity index (χ0) is 10.4. The molecule has 0 aromatic heterocycles. The van der Waals surface area contributed by atoms with Crippen LogP contribution in [0.1, 0.15) is 27.2 Å². The van der Waals surface area contributed by atoms with Gasteiger partial charge in [-0.1, -0.05) is 19.1 Å². The summed E-state index contributed by atoms with van der Waals surface area (Å²) in [6, 6.07) is 0.473. The molecule has 0 rings (SSSR count). The molecule has 0 spiro atoms. The van der Waals surface area contributed by atoms with Gasteiger partial charge in [0.25, 0.3) is 0 Å². The quantitative estimate of drug-likeness (QED) is 0.627. The minimum absolute atomic E-state index is 0.113. The van der Waals surface area contributed by atoms with Crippen molar-refractivity contribution < 1.29 is 5.11 Å². The summed E-state index contributed by atoms with van der Waals surface area (Å²) in [5.41, 5.74) is 5.62. The number of nitrogens with zero attached hydrogens (tertiary/aromatic N) is 1. The normalized spacial score (nSPS) is 13.7. The Morgan fingerprint density at radius 1 is 1.54 bits per heavy atom. The standard InChI is InChI=1S/C9H20N2OS/c1-4-8(9(10)13)11(5-6-12)7(2)3/h7-8,12H,4-6H2,1-3H3,(H2,10,13). The Hall–Kier alpha value is -0.190. The molecule has 0 aliphatic heterocycles. The molecule has 0 radical (unpaired) electrons. The molecule has 0 bridgehead atoms. The Morgan fingerprint density at radius 2 is 2.08 bits per heavy atom. The van der Waals surface area contributed by atoms with Crippen LogP contribution in [0.4, 0.5) is 0 Å². The van der Waals surface area contributed by atoms with E-state index in [1.54, 1.807) is 0 Å². The van der Waals surface area contributed by atoms with E-state index in [0.717, 1.165) is 6.42 Å². The number of hydrogen-bond donors (Lipinski definition) is 2. The molecule has 1 unspecified atom stereocenters. The molecule has 0 fully saturated rings. The second kappa shape index (κ2) is 6.29. The molecule has 0 aromatic rings. The zero-order valence-corrected chi connectivity index (χ0v) is 9.47. The van der Waals surface area contributed by atoms with Gasteiger partial charge in [0.15, 0.2) is 0 Å². The van der Waals surface area contributed by atoms with E-state index in [9.17, 15) is 0 Å². The van der Waals surface area contributed by atoms with Crippen LogP contribution in [0.2, 0.25) is 0 Å². The Balaban J connectivity index is 4.38. The maximum Gasteiger partial charge on any atom is 0.0902 e. The van der Waals surface area contributed by atoms with E-state index in [1.165, 1.54) is 0 Å². The fourth-order valence-corrected chi connectivity index (χ4v) is 1.79. The van der Waals surface area contributed by atoms with Crippen LogP contribution in [-0.2, 0) is 0 Å². The van der Waals surface area contributed by atoms with Crippen molar-refractivity contribution in [3.8, 4) is 0 Å². The minimum Gasteiger partial charge on any atom is -0.395 e. The average molecular weight is 204 g/mol. The summed E-state index contributed by atoms with van der Waals surface area (Å²) in [6.07, 6.45) is 0.896. The molecule has 0 heterocycles.